The number of aryl methyl sites for hydroxylation is 2. The molecule has 0 aromatic carbocycles. The Morgan fingerprint density at radius 1 is 1.18 bits per heavy atom. The zero-order valence-electron chi connectivity index (χ0n) is 10.4. The Morgan fingerprint density at radius 2 is 2.00 bits per heavy atom. The molecule has 0 fully saturated rings. The Bertz CT molecular complexity index is 500. The SMILES string of the molecule is CCc1cc(NC)nc(-c2cccc(C)n2)n1. The minimum Gasteiger partial charge on any atom is -0.373 e. The number of hydrogen-bond donors (Lipinski definition) is 1. The zero-order valence-corrected chi connectivity index (χ0v) is 10.4. The van der Waals surface area contributed by atoms with Gasteiger partial charge in [-0.2, -0.15) is 0 Å². The Labute approximate surface area is 101 Å². The van der Waals surface area contributed by atoms with Crippen molar-refractivity contribution in [3.05, 3.63) is 35.7 Å². The van der Waals surface area contributed by atoms with Gasteiger partial charge in [0, 0.05) is 24.5 Å². The number of hydrogen-bond acceptors (Lipinski definition) is 4. The molecule has 2 rings (SSSR count). The molecular formula is C13H16N4. The molecule has 0 atom stereocenters. The molecule has 4 heteroatoms. The van der Waals surface area contributed by atoms with Crippen LogP contribution in [0.4, 0.5) is 5.82 Å². The minimum atomic E-state index is 0.678. The van der Waals surface area contributed by atoms with Gasteiger partial charge in [0.2, 0.25) is 0 Å². The number of pyridine rings is 1. The molecule has 0 unspecified atom stereocenters. The fourth-order valence-electron chi connectivity index (χ4n) is 1.59. The summed E-state index contributed by atoms with van der Waals surface area (Å²) >= 11 is 0. The third-order valence-electron chi connectivity index (χ3n) is 2.51. The van der Waals surface area contributed by atoms with Crippen LogP contribution in [0.2, 0.25) is 0 Å². The van der Waals surface area contributed by atoms with Crippen LogP contribution in [0.15, 0.2) is 24.3 Å². The van der Waals surface area contributed by atoms with E-state index in [1.54, 1.807) is 0 Å². The smallest absolute Gasteiger partial charge is 0.180 e. The normalized spacial score (nSPS) is 10.3. The van der Waals surface area contributed by atoms with Crippen molar-refractivity contribution in [1.82, 2.24) is 15.0 Å². The van der Waals surface area contributed by atoms with E-state index in [1.807, 2.05) is 38.2 Å². The summed E-state index contributed by atoms with van der Waals surface area (Å²) in [5.41, 5.74) is 2.80. The second-order valence-corrected chi connectivity index (χ2v) is 3.84. The largest absolute Gasteiger partial charge is 0.373 e. The van der Waals surface area contributed by atoms with Crippen LogP contribution in [0.25, 0.3) is 11.5 Å². The first kappa shape index (κ1) is 11.5. The quantitative estimate of drug-likeness (QED) is 0.876. The van der Waals surface area contributed by atoms with Crippen LogP contribution >= 0.6 is 0 Å². The molecule has 2 aromatic rings. The van der Waals surface area contributed by atoms with E-state index in [2.05, 4.69) is 27.2 Å². The van der Waals surface area contributed by atoms with Crippen LogP contribution in [-0.4, -0.2) is 22.0 Å². The summed E-state index contributed by atoms with van der Waals surface area (Å²) in [6.45, 7) is 4.04. The molecular weight excluding hydrogens is 212 g/mol. The van der Waals surface area contributed by atoms with Crippen molar-refractivity contribution in [2.45, 2.75) is 20.3 Å². The second kappa shape index (κ2) is 4.91. The van der Waals surface area contributed by atoms with Crippen molar-refractivity contribution < 1.29 is 0 Å². The van der Waals surface area contributed by atoms with Gasteiger partial charge in [0.25, 0.3) is 0 Å². The van der Waals surface area contributed by atoms with E-state index in [0.717, 1.165) is 29.3 Å². The lowest BCUT2D eigenvalue weighted by atomic mass is 10.2. The Hall–Kier alpha value is -1.97. The highest BCUT2D eigenvalue weighted by Crippen LogP contribution is 2.16. The summed E-state index contributed by atoms with van der Waals surface area (Å²) < 4.78 is 0. The van der Waals surface area contributed by atoms with Gasteiger partial charge in [-0.15, -0.1) is 0 Å². The minimum absolute atomic E-state index is 0.678. The van der Waals surface area contributed by atoms with Gasteiger partial charge in [0.15, 0.2) is 5.82 Å². The predicted molar refractivity (Wildman–Crippen MR) is 68.9 cm³/mol. The maximum atomic E-state index is 4.50. The van der Waals surface area contributed by atoms with E-state index < -0.39 is 0 Å². The van der Waals surface area contributed by atoms with E-state index >= 15 is 0 Å². The van der Waals surface area contributed by atoms with Crippen molar-refractivity contribution in [2.75, 3.05) is 12.4 Å². The number of nitrogens with zero attached hydrogens (tertiary/aromatic N) is 3. The molecule has 0 aliphatic carbocycles. The van der Waals surface area contributed by atoms with Crippen LogP contribution in [-0.2, 0) is 6.42 Å². The molecule has 4 nitrogen and oxygen atoms in total. The monoisotopic (exact) mass is 228 g/mol. The Balaban J connectivity index is 2.50. The molecule has 1 N–H and O–H groups in total. The van der Waals surface area contributed by atoms with Gasteiger partial charge in [-0.1, -0.05) is 13.0 Å². The summed E-state index contributed by atoms with van der Waals surface area (Å²) in [5, 5.41) is 3.05. The molecule has 0 amide bonds. The van der Waals surface area contributed by atoms with Gasteiger partial charge in [-0.25, -0.2) is 15.0 Å². The van der Waals surface area contributed by atoms with Gasteiger partial charge >= 0.3 is 0 Å². The van der Waals surface area contributed by atoms with Gasteiger partial charge in [0.05, 0.1) is 0 Å². The molecule has 0 saturated carbocycles. The Kier molecular flexibility index (Phi) is 3.32. The standard InChI is InChI=1S/C13H16N4/c1-4-10-8-12(14-3)17-13(16-10)11-7-5-6-9(2)15-11/h5-8H,4H2,1-3H3,(H,14,16,17). The average Bonchev–Trinajstić information content (AvgIpc) is 2.38. The number of aromatic nitrogens is 3. The van der Waals surface area contributed by atoms with E-state index in [9.17, 15) is 0 Å². The van der Waals surface area contributed by atoms with E-state index in [0.29, 0.717) is 5.82 Å². The van der Waals surface area contributed by atoms with Crippen LogP contribution in [0, 0.1) is 6.92 Å². The van der Waals surface area contributed by atoms with Gasteiger partial charge in [-0.3, -0.25) is 0 Å². The van der Waals surface area contributed by atoms with Crippen molar-refractivity contribution >= 4 is 5.82 Å². The number of nitrogens with one attached hydrogen (secondary N) is 1. The first-order valence-corrected chi connectivity index (χ1v) is 5.72. The summed E-state index contributed by atoms with van der Waals surface area (Å²) in [5.74, 6) is 1.51. The van der Waals surface area contributed by atoms with E-state index in [1.165, 1.54) is 0 Å². The van der Waals surface area contributed by atoms with Crippen LogP contribution < -0.4 is 5.32 Å². The van der Waals surface area contributed by atoms with Gasteiger partial charge in [0.1, 0.15) is 11.5 Å². The maximum Gasteiger partial charge on any atom is 0.180 e. The predicted octanol–water partition coefficient (Wildman–Crippen LogP) is 2.45. The second-order valence-electron chi connectivity index (χ2n) is 3.84. The highest BCUT2D eigenvalue weighted by Gasteiger charge is 2.06. The van der Waals surface area contributed by atoms with E-state index in [-0.39, 0.29) is 0 Å². The van der Waals surface area contributed by atoms with Gasteiger partial charge < -0.3 is 5.32 Å². The lowest BCUT2D eigenvalue weighted by molar-refractivity contribution is 0.995. The highest BCUT2D eigenvalue weighted by atomic mass is 15.0. The van der Waals surface area contributed by atoms with Crippen LogP contribution in [0.1, 0.15) is 18.3 Å². The Morgan fingerprint density at radius 3 is 2.65 bits per heavy atom. The molecule has 0 radical (unpaired) electrons. The molecule has 2 aromatic heterocycles. The lowest BCUT2D eigenvalue weighted by Gasteiger charge is -2.06. The molecule has 0 spiro atoms. The van der Waals surface area contributed by atoms with Crippen molar-refractivity contribution in [3.63, 3.8) is 0 Å². The van der Waals surface area contributed by atoms with E-state index in [4.69, 9.17) is 0 Å². The third kappa shape index (κ3) is 2.58. The molecule has 0 aliphatic heterocycles. The molecule has 2 heterocycles. The first-order chi connectivity index (χ1) is 8.22. The van der Waals surface area contributed by atoms with Crippen molar-refractivity contribution in [1.29, 1.82) is 0 Å². The summed E-state index contributed by atoms with van der Waals surface area (Å²) in [6.07, 6.45) is 0.885. The molecule has 0 aliphatic rings. The lowest BCUT2D eigenvalue weighted by Crippen LogP contribution is -2.01. The van der Waals surface area contributed by atoms with Crippen LogP contribution in [0.5, 0.6) is 0 Å². The molecule has 0 saturated heterocycles. The summed E-state index contributed by atoms with van der Waals surface area (Å²) in [6, 6.07) is 7.82. The molecule has 88 valence electrons. The van der Waals surface area contributed by atoms with Crippen molar-refractivity contribution in [3.8, 4) is 11.5 Å². The number of anilines is 1. The van der Waals surface area contributed by atoms with Gasteiger partial charge in [-0.05, 0) is 25.5 Å². The van der Waals surface area contributed by atoms with Crippen LogP contribution in [0.3, 0.4) is 0 Å². The molecule has 17 heavy (non-hydrogen) atoms. The summed E-state index contributed by atoms with van der Waals surface area (Å²) in [4.78, 5) is 13.4. The average molecular weight is 228 g/mol. The zero-order chi connectivity index (χ0) is 12.3. The first-order valence-electron chi connectivity index (χ1n) is 5.72. The highest BCUT2D eigenvalue weighted by molar-refractivity contribution is 5.53. The fraction of sp³-hybridized carbons (Fsp3) is 0.308. The summed E-state index contributed by atoms with van der Waals surface area (Å²) in [7, 11) is 1.86. The molecule has 0 bridgehead atoms. The number of rotatable bonds is 3. The van der Waals surface area contributed by atoms with Crippen molar-refractivity contribution in [2.24, 2.45) is 0 Å². The fourth-order valence-corrected chi connectivity index (χ4v) is 1.59. The third-order valence-corrected chi connectivity index (χ3v) is 2.51. The topological polar surface area (TPSA) is 50.7 Å². The maximum absolute atomic E-state index is 4.50.